The third-order valence-electron chi connectivity index (χ3n) is 2.70. The van der Waals surface area contributed by atoms with Crippen LogP contribution in [0.4, 0.5) is 5.82 Å². The molecule has 0 spiro atoms. The summed E-state index contributed by atoms with van der Waals surface area (Å²) in [7, 11) is 1.71. The summed E-state index contributed by atoms with van der Waals surface area (Å²) in [6.45, 7) is 4.94. The van der Waals surface area contributed by atoms with Crippen molar-refractivity contribution in [2.45, 2.75) is 20.3 Å². The van der Waals surface area contributed by atoms with Crippen LogP contribution < -0.4 is 16.0 Å². The van der Waals surface area contributed by atoms with E-state index in [0.717, 1.165) is 0 Å². The number of nitrogens with one attached hydrogen (secondary N) is 3. The first-order chi connectivity index (χ1) is 9.93. The van der Waals surface area contributed by atoms with Crippen molar-refractivity contribution in [1.82, 2.24) is 15.6 Å². The maximum Gasteiger partial charge on any atom is 0.253 e. The van der Waals surface area contributed by atoms with Gasteiger partial charge in [-0.05, 0) is 12.0 Å². The molecule has 0 aliphatic rings. The molecule has 0 saturated heterocycles. The lowest BCUT2D eigenvalue weighted by molar-refractivity contribution is -0.121. The van der Waals surface area contributed by atoms with Crippen molar-refractivity contribution in [3.8, 4) is 0 Å². The summed E-state index contributed by atoms with van der Waals surface area (Å²) in [5.41, 5.74) is 0.332. The Morgan fingerprint density at radius 3 is 2.67 bits per heavy atom. The second-order valence-electron chi connectivity index (χ2n) is 5.00. The van der Waals surface area contributed by atoms with Crippen molar-refractivity contribution in [2.24, 2.45) is 5.92 Å². The van der Waals surface area contributed by atoms with Crippen LogP contribution >= 0.6 is 11.6 Å². The van der Waals surface area contributed by atoms with Crippen molar-refractivity contribution < 1.29 is 9.59 Å². The minimum Gasteiger partial charge on any atom is -0.373 e. The Kier molecular flexibility index (Phi) is 6.94. The first-order valence-corrected chi connectivity index (χ1v) is 7.20. The topological polar surface area (TPSA) is 83.1 Å². The van der Waals surface area contributed by atoms with Crippen LogP contribution in [0.3, 0.4) is 0 Å². The summed E-state index contributed by atoms with van der Waals surface area (Å²) in [4.78, 5) is 27.5. The molecule has 7 heteroatoms. The number of hydrogen-bond acceptors (Lipinski definition) is 4. The van der Waals surface area contributed by atoms with E-state index in [1.54, 1.807) is 13.1 Å². The van der Waals surface area contributed by atoms with Gasteiger partial charge in [0.05, 0.1) is 10.6 Å². The Bertz CT molecular complexity index is 506. The highest BCUT2D eigenvalue weighted by atomic mass is 35.5. The van der Waals surface area contributed by atoms with Crippen LogP contribution in [0.15, 0.2) is 12.3 Å². The predicted octanol–water partition coefficient (Wildman–Crippen LogP) is 1.67. The van der Waals surface area contributed by atoms with Crippen LogP contribution in [0.5, 0.6) is 0 Å². The number of aromatic nitrogens is 1. The van der Waals surface area contributed by atoms with Gasteiger partial charge in [0.2, 0.25) is 5.91 Å². The van der Waals surface area contributed by atoms with E-state index in [9.17, 15) is 9.59 Å². The quantitative estimate of drug-likeness (QED) is 0.715. The molecule has 0 atom stereocenters. The third kappa shape index (κ3) is 5.99. The molecule has 1 aromatic heterocycles. The lowest BCUT2D eigenvalue weighted by Gasteiger charge is -2.09. The molecule has 0 fully saturated rings. The normalized spacial score (nSPS) is 10.3. The zero-order valence-electron chi connectivity index (χ0n) is 12.5. The van der Waals surface area contributed by atoms with E-state index in [1.165, 1.54) is 6.20 Å². The Morgan fingerprint density at radius 1 is 1.33 bits per heavy atom. The summed E-state index contributed by atoms with van der Waals surface area (Å²) >= 11 is 5.94. The lowest BCUT2D eigenvalue weighted by atomic mass is 10.2. The minimum atomic E-state index is -0.324. The highest BCUT2D eigenvalue weighted by Crippen LogP contribution is 2.17. The fourth-order valence-electron chi connectivity index (χ4n) is 1.54. The molecule has 116 valence electrons. The van der Waals surface area contributed by atoms with Crippen LogP contribution in [0, 0.1) is 5.92 Å². The number of hydrogen-bond donors (Lipinski definition) is 3. The van der Waals surface area contributed by atoms with Gasteiger partial charge < -0.3 is 16.0 Å². The molecule has 21 heavy (non-hydrogen) atoms. The van der Waals surface area contributed by atoms with E-state index >= 15 is 0 Å². The van der Waals surface area contributed by atoms with E-state index in [2.05, 4.69) is 20.9 Å². The number of rotatable bonds is 7. The maximum atomic E-state index is 12.0. The Balaban J connectivity index is 2.45. The summed E-state index contributed by atoms with van der Waals surface area (Å²) in [5.74, 6) is 0.551. The molecule has 2 amide bonds. The fourth-order valence-corrected chi connectivity index (χ4v) is 1.73. The highest BCUT2D eigenvalue weighted by Gasteiger charge is 2.12. The van der Waals surface area contributed by atoms with Crippen molar-refractivity contribution in [1.29, 1.82) is 0 Å². The average Bonchev–Trinajstić information content (AvgIpc) is 2.45. The number of pyridine rings is 1. The first-order valence-electron chi connectivity index (χ1n) is 6.82. The molecule has 1 aromatic rings. The Hall–Kier alpha value is -1.82. The molecule has 1 heterocycles. The first kappa shape index (κ1) is 17.2. The van der Waals surface area contributed by atoms with Crippen LogP contribution in [0.25, 0.3) is 0 Å². The second-order valence-corrected chi connectivity index (χ2v) is 5.41. The summed E-state index contributed by atoms with van der Waals surface area (Å²) in [6, 6.07) is 1.57. The lowest BCUT2D eigenvalue weighted by Crippen LogP contribution is -2.32. The monoisotopic (exact) mass is 312 g/mol. The van der Waals surface area contributed by atoms with Crippen molar-refractivity contribution >= 4 is 29.2 Å². The summed E-state index contributed by atoms with van der Waals surface area (Å²) < 4.78 is 0. The van der Waals surface area contributed by atoms with Crippen LogP contribution in [-0.4, -0.2) is 36.9 Å². The minimum absolute atomic E-state index is 0.0826. The SMILES string of the molecule is CNc1cc(C(=O)NCCC(=O)NCC(C)C)c(Cl)cn1. The molecule has 0 unspecified atom stereocenters. The largest absolute Gasteiger partial charge is 0.373 e. The molecule has 0 bridgehead atoms. The van der Waals surface area contributed by atoms with Gasteiger partial charge in [0.1, 0.15) is 5.82 Å². The van der Waals surface area contributed by atoms with Gasteiger partial charge in [0.25, 0.3) is 5.91 Å². The van der Waals surface area contributed by atoms with Crippen molar-refractivity contribution in [3.63, 3.8) is 0 Å². The molecule has 0 saturated carbocycles. The third-order valence-corrected chi connectivity index (χ3v) is 3.00. The number of carbonyl (C=O) groups is 2. The van der Waals surface area contributed by atoms with Crippen LogP contribution in [0.1, 0.15) is 30.6 Å². The molecular weight excluding hydrogens is 292 g/mol. The van der Waals surface area contributed by atoms with Crippen LogP contribution in [0.2, 0.25) is 5.02 Å². The molecule has 0 aliphatic carbocycles. The maximum absolute atomic E-state index is 12.0. The number of halogens is 1. The molecule has 0 aromatic carbocycles. The fraction of sp³-hybridized carbons (Fsp3) is 0.500. The molecule has 0 radical (unpaired) electrons. The number of carbonyl (C=O) groups excluding carboxylic acids is 2. The van der Waals surface area contributed by atoms with E-state index < -0.39 is 0 Å². The van der Waals surface area contributed by atoms with E-state index in [0.29, 0.717) is 23.8 Å². The van der Waals surface area contributed by atoms with E-state index in [-0.39, 0.29) is 29.8 Å². The summed E-state index contributed by atoms with van der Waals surface area (Å²) in [5, 5.41) is 8.57. The van der Waals surface area contributed by atoms with Crippen LogP contribution in [-0.2, 0) is 4.79 Å². The summed E-state index contributed by atoms with van der Waals surface area (Å²) in [6.07, 6.45) is 1.65. The van der Waals surface area contributed by atoms with Gasteiger partial charge in [-0.1, -0.05) is 25.4 Å². The van der Waals surface area contributed by atoms with Gasteiger partial charge in [-0.2, -0.15) is 0 Å². The molecule has 6 nitrogen and oxygen atoms in total. The van der Waals surface area contributed by atoms with E-state index in [1.807, 2.05) is 13.8 Å². The van der Waals surface area contributed by atoms with Gasteiger partial charge in [0, 0.05) is 32.8 Å². The second kappa shape index (κ2) is 8.46. The highest BCUT2D eigenvalue weighted by molar-refractivity contribution is 6.33. The van der Waals surface area contributed by atoms with Gasteiger partial charge in [0.15, 0.2) is 0 Å². The molecule has 3 N–H and O–H groups in total. The number of nitrogens with zero attached hydrogens (tertiary/aromatic N) is 1. The Labute approximate surface area is 129 Å². The smallest absolute Gasteiger partial charge is 0.253 e. The molecule has 1 rings (SSSR count). The van der Waals surface area contributed by atoms with Gasteiger partial charge in [-0.3, -0.25) is 9.59 Å². The van der Waals surface area contributed by atoms with Crippen molar-refractivity contribution in [2.75, 3.05) is 25.5 Å². The molecule has 0 aliphatic heterocycles. The standard InChI is InChI=1S/C14H21ClN4O2/c1-9(2)7-19-13(20)4-5-17-14(21)10-6-12(16-3)18-8-11(10)15/h6,8-9H,4-5,7H2,1-3H3,(H,16,18)(H,17,21)(H,19,20). The average molecular weight is 313 g/mol. The number of amides is 2. The zero-order valence-corrected chi connectivity index (χ0v) is 13.3. The zero-order chi connectivity index (χ0) is 15.8. The predicted molar refractivity (Wildman–Crippen MR) is 83.6 cm³/mol. The van der Waals surface area contributed by atoms with E-state index in [4.69, 9.17) is 11.6 Å². The van der Waals surface area contributed by atoms with Crippen molar-refractivity contribution in [3.05, 3.63) is 22.8 Å². The van der Waals surface area contributed by atoms with Gasteiger partial charge in [-0.25, -0.2) is 4.98 Å². The van der Waals surface area contributed by atoms with Gasteiger partial charge in [-0.15, -0.1) is 0 Å². The Morgan fingerprint density at radius 2 is 2.05 bits per heavy atom. The van der Waals surface area contributed by atoms with Gasteiger partial charge >= 0.3 is 0 Å². The molecular formula is C14H21ClN4O2. The number of anilines is 1.